The molecule has 1 heterocycles. The number of Topliss-reactive ketones (excluding diaryl/α,β-unsaturated/α-hetero) is 1. The van der Waals surface area contributed by atoms with Gasteiger partial charge in [-0.1, -0.05) is 58.2 Å². The van der Waals surface area contributed by atoms with Crippen LogP contribution < -0.4 is 0 Å². The number of benzene rings is 1. The second-order valence-electron chi connectivity index (χ2n) is 8.05. The standard InChI is InChI=1S/C23H35NO2/c1-4-22(25)21-11-8-10-20(17-21)19-13-15-24(16-14-19)23(26)12-7-5-6-9-18(2)3/h8,10-11,17-19H,4-7,9,12-16H2,1-3H3. The van der Waals surface area contributed by atoms with Crippen LogP contribution in [0.2, 0.25) is 0 Å². The smallest absolute Gasteiger partial charge is 0.222 e. The van der Waals surface area contributed by atoms with Gasteiger partial charge < -0.3 is 4.90 Å². The minimum Gasteiger partial charge on any atom is -0.343 e. The monoisotopic (exact) mass is 357 g/mol. The topological polar surface area (TPSA) is 37.4 Å². The van der Waals surface area contributed by atoms with E-state index in [4.69, 9.17) is 0 Å². The Bertz CT molecular complexity index is 586. The summed E-state index contributed by atoms with van der Waals surface area (Å²) in [4.78, 5) is 26.4. The van der Waals surface area contributed by atoms with Crippen molar-refractivity contribution in [3.63, 3.8) is 0 Å². The van der Waals surface area contributed by atoms with Gasteiger partial charge >= 0.3 is 0 Å². The molecule has 0 bridgehead atoms. The highest BCUT2D eigenvalue weighted by molar-refractivity contribution is 5.96. The molecule has 1 aromatic rings. The van der Waals surface area contributed by atoms with Crippen molar-refractivity contribution >= 4 is 11.7 Å². The molecule has 0 spiro atoms. The van der Waals surface area contributed by atoms with Gasteiger partial charge in [0.05, 0.1) is 0 Å². The second-order valence-corrected chi connectivity index (χ2v) is 8.05. The summed E-state index contributed by atoms with van der Waals surface area (Å²) in [6.45, 7) is 8.11. The highest BCUT2D eigenvalue weighted by atomic mass is 16.2. The lowest BCUT2D eigenvalue weighted by Crippen LogP contribution is -2.37. The molecular weight excluding hydrogens is 322 g/mol. The molecule has 0 N–H and O–H groups in total. The number of carbonyl (C=O) groups excluding carboxylic acids is 2. The lowest BCUT2D eigenvalue weighted by atomic mass is 9.88. The molecule has 3 heteroatoms. The maximum absolute atomic E-state index is 12.4. The number of unbranched alkanes of at least 4 members (excludes halogenated alkanes) is 2. The van der Waals surface area contributed by atoms with E-state index in [2.05, 4.69) is 26.0 Å². The van der Waals surface area contributed by atoms with E-state index >= 15 is 0 Å². The Hall–Kier alpha value is -1.64. The first-order valence-electron chi connectivity index (χ1n) is 10.4. The molecule has 0 radical (unpaired) electrons. The molecule has 0 atom stereocenters. The van der Waals surface area contributed by atoms with Crippen LogP contribution in [0.4, 0.5) is 0 Å². The van der Waals surface area contributed by atoms with Gasteiger partial charge in [-0.2, -0.15) is 0 Å². The van der Waals surface area contributed by atoms with Gasteiger partial charge in [-0.25, -0.2) is 0 Å². The zero-order valence-corrected chi connectivity index (χ0v) is 16.8. The van der Waals surface area contributed by atoms with E-state index in [1.807, 2.05) is 24.0 Å². The Balaban J connectivity index is 1.76. The van der Waals surface area contributed by atoms with Crippen molar-refractivity contribution in [3.8, 4) is 0 Å². The first-order valence-corrected chi connectivity index (χ1v) is 10.4. The summed E-state index contributed by atoms with van der Waals surface area (Å²) in [7, 11) is 0. The summed E-state index contributed by atoms with van der Waals surface area (Å²) in [5.41, 5.74) is 2.08. The van der Waals surface area contributed by atoms with Gasteiger partial charge in [-0.3, -0.25) is 9.59 Å². The van der Waals surface area contributed by atoms with E-state index in [1.54, 1.807) is 0 Å². The number of carbonyl (C=O) groups is 2. The fourth-order valence-corrected chi connectivity index (χ4v) is 3.80. The van der Waals surface area contributed by atoms with Crippen LogP contribution in [0.25, 0.3) is 0 Å². The van der Waals surface area contributed by atoms with Crippen LogP contribution in [0, 0.1) is 5.92 Å². The van der Waals surface area contributed by atoms with Gasteiger partial charge in [-0.05, 0) is 42.7 Å². The van der Waals surface area contributed by atoms with Crippen LogP contribution in [0.3, 0.4) is 0 Å². The van der Waals surface area contributed by atoms with E-state index in [1.165, 1.54) is 24.8 Å². The Morgan fingerprint density at radius 3 is 2.50 bits per heavy atom. The summed E-state index contributed by atoms with van der Waals surface area (Å²) in [5, 5.41) is 0. The second kappa shape index (κ2) is 10.5. The van der Waals surface area contributed by atoms with E-state index in [0.29, 0.717) is 24.7 Å². The van der Waals surface area contributed by atoms with E-state index < -0.39 is 0 Å². The first-order chi connectivity index (χ1) is 12.5. The van der Waals surface area contributed by atoms with Crippen LogP contribution in [0.5, 0.6) is 0 Å². The third-order valence-electron chi connectivity index (χ3n) is 5.52. The third-order valence-corrected chi connectivity index (χ3v) is 5.52. The lowest BCUT2D eigenvalue weighted by molar-refractivity contribution is -0.132. The highest BCUT2D eigenvalue weighted by Gasteiger charge is 2.23. The fraction of sp³-hybridized carbons (Fsp3) is 0.652. The Kier molecular flexibility index (Phi) is 8.34. The Labute approximate surface area is 159 Å². The van der Waals surface area contributed by atoms with Crippen molar-refractivity contribution in [1.29, 1.82) is 0 Å². The number of amides is 1. The van der Waals surface area contributed by atoms with Gasteiger partial charge in [0.15, 0.2) is 5.78 Å². The average molecular weight is 358 g/mol. The van der Waals surface area contributed by atoms with Crippen molar-refractivity contribution in [1.82, 2.24) is 4.90 Å². The maximum Gasteiger partial charge on any atom is 0.222 e. The summed E-state index contributed by atoms with van der Waals surface area (Å²) in [6.07, 6.45) is 7.94. The summed E-state index contributed by atoms with van der Waals surface area (Å²) >= 11 is 0. The molecule has 0 aromatic heterocycles. The lowest BCUT2D eigenvalue weighted by Gasteiger charge is -2.32. The van der Waals surface area contributed by atoms with Gasteiger partial charge in [-0.15, -0.1) is 0 Å². The fourth-order valence-electron chi connectivity index (χ4n) is 3.80. The Morgan fingerprint density at radius 2 is 1.85 bits per heavy atom. The molecule has 26 heavy (non-hydrogen) atoms. The Morgan fingerprint density at radius 1 is 1.12 bits per heavy atom. The van der Waals surface area contributed by atoms with Crippen molar-refractivity contribution < 1.29 is 9.59 Å². The van der Waals surface area contributed by atoms with Crippen LogP contribution in [0.1, 0.15) is 94.0 Å². The molecule has 1 amide bonds. The average Bonchev–Trinajstić information content (AvgIpc) is 2.67. The van der Waals surface area contributed by atoms with Crippen LogP contribution in [-0.4, -0.2) is 29.7 Å². The minimum atomic E-state index is 0.205. The summed E-state index contributed by atoms with van der Waals surface area (Å²) in [6, 6.07) is 8.09. The molecule has 1 fully saturated rings. The summed E-state index contributed by atoms with van der Waals surface area (Å²) < 4.78 is 0. The van der Waals surface area contributed by atoms with Crippen molar-refractivity contribution in [3.05, 3.63) is 35.4 Å². The maximum atomic E-state index is 12.4. The normalized spacial score (nSPS) is 15.5. The number of rotatable bonds is 9. The number of piperidine rings is 1. The minimum absolute atomic E-state index is 0.205. The molecular formula is C23H35NO2. The van der Waals surface area contributed by atoms with E-state index in [9.17, 15) is 9.59 Å². The molecule has 0 aliphatic carbocycles. The number of ketones is 1. The first kappa shape index (κ1) is 20.7. The predicted molar refractivity (Wildman–Crippen MR) is 108 cm³/mol. The zero-order chi connectivity index (χ0) is 18.9. The largest absolute Gasteiger partial charge is 0.343 e. The quantitative estimate of drug-likeness (QED) is 0.426. The number of hydrogen-bond donors (Lipinski definition) is 0. The predicted octanol–water partition coefficient (Wildman–Crippen LogP) is 5.59. The molecule has 2 rings (SSSR count). The van der Waals surface area contributed by atoms with Crippen molar-refractivity contribution in [2.75, 3.05) is 13.1 Å². The molecule has 1 aromatic carbocycles. The molecule has 1 aliphatic rings. The van der Waals surface area contributed by atoms with Crippen LogP contribution in [0.15, 0.2) is 24.3 Å². The van der Waals surface area contributed by atoms with Crippen LogP contribution in [-0.2, 0) is 4.79 Å². The summed E-state index contributed by atoms with van der Waals surface area (Å²) in [5.74, 6) is 1.75. The zero-order valence-electron chi connectivity index (χ0n) is 16.8. The van der Waals surface area contributed by atoms with E-state index in [-0.39, 0.29) is 5.78 Å². The van der Waals surface area contributed by atoms with Gasteiger partial charge in [0.2, 0.25) is 5.91 Å². The molecule has 1 aliphatic heterocycles. The molecule has 1 saturated heterocycles. The number of likely N-dealkylation sites (tertiary alicyclic amines) is 1. The molecule has 144 valence electrons. The van der Waals surface area contributed by atoms with Gasteiger partial charge in [0, 0.05) is 31.5 Å². The van der Waals surface area contributed by atoms with Crippen molar-refractivity contribution in [2.45, 2.75) is 78.1 Å². The third kappa shape index (κ3) is 6.26. The molecule has 0 unspecified atom stereocenters. The van der Waals surface area contributed by atoms with Gasteiger partial charge in [0.25, 0.3) is 0 Å². The van der Waals surface area contributed by atoms with E-state index in [0.717, 1.165) is 43.8 Å². The molecule has 0 saturated carbocycles. The molecule has 3 nitrogen and oxygen atoms in total. The van der Waals surface area contributed by atoms with Crippen molar-refractivity contribution in [2.24, 2.45) is 5.92 Å². The van der Waals surface area contributed by atoms with Crippen LogP contribution >= 0.6 is 0 Å². The SMILES string of the molecule is CCC(=O)c1cccc(C2CCN(C(=O)CCCCCC(C)C)CC2)c1. The number of nitrogens with zero attached hydrogens (tertiary/aromatic N) is 1. The highest BCUT2D eigenvalue weighted by Crippen LogP contribution is 2.29. The van der Waals surface area contributed by atoms with Gasteiger partial charge in [0.1, 0.15) is 0 Å². The number of hydrogen-bond acceptors (Lipinski definition) is 2.